The number of halogens is 1. The van der Waals surface area contributed by atoms with Crippen LogP contribution in [0.5, 0.6) is 5.75 Å². The van der Waals surface area contributed by atoms with Crippen LogP contribution in [0.25, 0.3) is 16.8 Å². The summed E-state index contributed by atoms with van der Waals surface area (Å²) < 4.78 is 6.81. The Morgan fingerprint density at radius 3 is 2.41 bits per heavy atom. The van der Waals surface area contributed by atoms with Crippen LogP contribution >= 0.6 is 15.9 Å². The van der Waals surface area contributed by atoms with Crippen LogP contribution in [0.3, 0.4) is 0 Å². The molecule has 4 heteroatoms. The van der Waals surface area contributed by atoms with Crippen LogP contribution in [-0.4, -0.2) is 49.6 Å². The van der Waals surface area contributed by atoms with Crippen molar-refractivity contribution in [1.82, 2.24) is 9.80 Å². The largest absolute Gasteiger partial charge is 0.496 e. The summed E-state index contributed by atoms with van der Waals surface area (Å²) in [6.45, 7) is 6.27. The highest BCUT2D eigenvalue weighted by Crippen LogP contribution is 2.29. The van der Waals surface area contributed by atoms with Crippen molar-refractivity contribution in [3.63, 3.8) is 0 Å². The van der Waals surface area contributed by atoms with Gasteiger partial charge in [-0.05, 0) is 28.5 Å². The fourth-order valence-electron chi connectivity index (χ4n) is 3.96. The van der Waals surface area contributed by atoms with Crippen molar-refractivity contribution >= 4 is 32.8 Å². The van der Waals surface area contributed by atoms with E-state index in [2.05, 4.69) is 92.5 Å². The standard InChI is InChI=1S/C25H27BrN2O/c1-29-25-13-12-20-7-2-4-10-22(20)23(25)19-28-17-15-27(16-18-28)14-6-9-21-8-3-5-11-24(21)26/h2-13H,14-19H2,1H3. The third-order valence-corrected chi connectivity index (χ3v) is 6.35. The fraction of sp³-hybridized carbons (Fsp3) is 0.280. The average molecular weight is 451 g/mol. The summed E-state index contributed by atoms with van der Waals surface area (Å²) >= 11 is 3.61. The van der Waals surface area contributed by atoms with Gasteiger partial charge < -0.3 is 4.74 Å². The van der Waals surface area contributed by atoms with E-state index in [4.69, 9.17) is 4.74 Å². The number of ether oxygens (including phenoxy) is 1. The number of rotatable bonds is 6. The first-order valence-electron chi connectivity index (χ1n) is 10.1. The molecule has 29 heavy (non-hydrogen) atoms. The summed E-state index contributed by atoms with van der Waals surface area (Å²) in [4.78, 5) is 5.06. The van der Waals surface area contributed by atoms with E-state index in [9.17, 15) is 0 Å². The Morgan fingerprint density at radius 2 is 1.62 bits per heavy atom. The molecule has 0 unspecified atom stereocenters. The predicted molar refractivity (Wildman–Crippen MR) is 125 cm³/mol. The predicted octanol–water partition coefficient (Wildman–Crippen LogP) is 5.44. The van der Waals surface area contributed by atoms with Gasteiger partial charge >= 0.3 is 0 Å². The molecule has 0 atom stereocenters. The van der Waals surface area contributed by atoms with Gasteiger partial charge in [-0.15, -0.1) is 0 Å². The van der Waals surface area contributed by atoms with E-state index >= 15 is 0 Å². The second kappa shape index (κ2) is 9.57. The molecule has 1 heterocycles. The quantitative estimate of drug-likeness (QED) is 0.496. The minimum Gasteiger partial charge on any atom is -0.496 e. The van der Waals surface area contributed by atoms with Gasteiger partial charge in [0, 0.05) is 49.3 Å². The van der Waals surface area contributed by atoms with Crippen molar-refractivity contribution < 1.29 is 4.74 Å². The van der Waals surface area contributed by atoms with Crippen LogP contribution < -0.4 is 4.74 Å². The Bertz CT molecular complexity index is 993. The smallest absolute Gasteiger partial charge is 0.123 e. The topological polar surface area (TPSA) is 15.7 Å². The van der Waals surface area contributed by atoms with E-state index in [1.165, 1.54) is 21.9 Å². The zero-order valence-corrected chi connectivity index (χ0v) is 18.4. The van der Waals surface area contributed by atoms with Crippen LogP contribution in [0.15, 0.2) is 71.2 Å². The number of hydrogen-bond donors (Lipinski definition) is 0. The summed E-state index contributed by atoms with van der Waals surface area (Å²) in [6, 6.07) is 21.2. The van der Waals surface area contributed by atoms with E-state index < -0.39 is 0 Å². The molecule has 1 fully saturated rings. The highest BCUT2D eigenvalue weighted by Gasteiger charge is 2.18. The third-order valence-electron chi connectivity index (χ3n) is 5.63. The number of fused-ring (bicyclic) bond motifs is 1. The first-order valence-corrected chi connectivity index (χ1v) is 10.9. The number of piperazine rings is 1. The lowest BCUT2D eigenvalue weighted by Crippen LogP contribution is -2.45. The summed E-state index contributed by atoms with van der Waals surface area (Å²) in [5, 5.41) is 2.57. The summed E-state index contributed by atoms with van der Waals surface area (Å²) in [7, 11) is 1.77. The second-order valence-electron chi connectivity index (χ2n) is 7.47. The first kappa shape index (κ1) is 20.1. The molecule has 1 aliphatic heterocycles. The monoisotopic (exact) mass is 450 g/mol. The normalized spacial score (nSPS) is 15.9. The van der Waals surface area contributed by atoms with Gasteiger partial charge in [0.1, 0.15) is 5.75 Å². The molecule has 150 valence electrons. The van der Waals surface area contributed by atoms with Gasteiger partial charge in [-0.1, -0.05) is 76.6 Å². The highest BCUT2D eigenvalue weighted by atomic mass is 79.9. The summed E-state index contributed by atoms with van der Waals surface area (Å²) in [5.41, 5.74) is 2.53. The Labute approximate surface area is 181 Å². The van der Waals surface area contributed by atoms with E-state index in [1.54, 1.807) is 7.11 Å². The number of hydrogen-bond acceptors (Lipinski definition) is 3. The molecular weight excluding hydrogens is 424 g/mol. The van der Waals surface area contributed by atoms with Crippen LogP contribution in [0.2, 0.25) is 0 Å². The van der Waals surface area contributed by atoms with Gasteiger partial charge in [0.15, 0.2) is 0 Å². The average Bonchev–Trinajstić information content (AvgIpc) is 2.76. The number of nitrogens with zero attached hydrogens (tertiary/aromatic N) is 2. The van der Waals surface area contributed by atoms with Gasteiger partial charge in [-0.3, -0.25) is 9.80 Å². The Balaban J connectivity index is 1.36. The molecule has 0 spiro atoms. The maximum atomic E-state index is 5.67. The van der Waals surface area contributed by atoms with E-state index in [0.717, 1.165) is 49.5 Å². The first-order chi connectivity index (χ1) is 14.2. The molecule has 0 N–H and O–H groups in total. The molecule has 0 aromatic heterocycles. The van der Waals surface area contributed by atoms with E-state index in [-0.39, 0.29) is 0 Å². The molecule has 1 saturated heterocycles. The van der Waals surface area contributed by atoms with Gasteiger partial charge in [-0.25, -0.2) is 0 Å². The maximum absolute atomic E-state index is 5.67. The minimum atomic E-state index is 0.936. The van der Waals surface area contributed by atoms with Crippen LogP contribution in [0.4, 0.5) is 0 Å². The molecule has 4 rings (SSSR count). The maximum Gasteiger partial charge on any atom is 0.123 e. The van der Waals surface area contributed by atoms with Crippen molar-refractivity contribution in [2.45, 2.75) is 6.54 Å². The Hall–Kier alpha value is -2.14. The van der Waals surface area contributed by atoms with Crippen molar-refractivity contribution in [1.29, 1.82) is 0 Å². The molecular formula is C25H27BrN2O. The summed E-state index contributed by atoms with van der Waals surface area (Å²) in [5.74, 6) is 0.988. The van der Waals surface area contributed by atoms with Crippen molar-refractivity contribution in [3.05, 3.63) is 82.3 Å². The van der Waals surface area contributed by atoms with Crippen LogP contribution in [0, 0.1) is 0 Å². The van der Waals surface area contributed by atoms with E-state index in [0.29, 0.717) is 0 Å². The summed E-state index contributed by atoms with van der Waals surface area (Å²) in [6.07, 6.45) is 4.47. The van der Waals surface area contributed by atoms with Crippen LogP contribution in [-0.2, 0) is 6.54 Å². The molecule has 3 aromatic carbocycles. The number of methoxy groups -OCH3 is 1. The molecule has 0 saturated carbocycles. The van der Waals surface area contributed by atoms with Gasteiger partial charge in [0.25, 0.3) is 0 Å². The van der Waals surface area contributed by atoms with Crippen molar-refractivity contribution in [3.8, 4) is 5.75 Å². The number of benzene rings is 3. The van der Waals surface area contributed by atoms with Gasteiger partial charge in [-0.2, -0.15) is 0 Å². The third kappa shape index (κ3) is 4.89. The molecule has 1 aliphatic rings. The molecule has 0 bridgehead atoms. The molecule has 3 aromatic rings. The van der Waals surface area contributed by atoms with Crippen molar-refractivity contribution in [2.24, 2.45) is 0 Å². The Morgan fingerprint density at radius 1 is 0.897 bits per heavy atom. The minimum absolute atomic E-state index is 0.936. The zero-order valence-electron chi connectivity index (χ0n) is 16.9. The zero-order chi connectivity index (χ0) is 20.1. The lowest BCUT2D eigenvalue weighted by atomic mass is 10.0. The lowest BCUT2D eigenvalue weighted by molar-refractivity contribution is 0.136. The fourth-order valence-corrected chi connectivity index (χ4v) is 4.38. The van der Waals surface area contributed by atoms with E-state index in [1.807, 2.05) is 6.07 Å². The van der Waals surface area contributed by atoms with Crippen molar-refractivity contribution in [2.75, 3.05) is 39.8 Å². The highest BCUT2D eigenvalue weighted by molar-refractivity contribution is 9.10. The molecule has 0 aliphatic carbocycles. The van der Waals surface area contributed by atoms with Gasteiger partial charge in [0.05, 0.1) is 7.11 Å². The lowest BCUT2D eigenvalue weighted by Gasteiger charge is -2.34. The van der Waals surface area contributed by atoms with Gasteiger partial charge in [0.2, 0.25) is 0 Å². The Kier molecular flexibility index (Phi) is 6.65. The van der Waals surface area contributed by atoms with Crippen LogP contribution in [0.1, 0.15) is 11.1 Å². The molecule has 3 nitrogen and oxygen atoms in total. The second-order valence-corrected chi connectivity index (χ2v) is 8.32. The molecule has 0 amide bonds. The molecule has 0 radical (unpaired) electrons. The SMILES string of the molecule is COc1ccc2ccccc2c1CN1CCN(CC=Cc2ccccc2Br)CC1.